The first kappa shape index (κ1) is 22.0. The SMILES string of the molecule is O=C(Nc1ccccc1)Nc1ccc(CCNc2ncnc3oc(-c4cccc(O)c4)cc23)cc1. The van der Waals surface area contributed by atoms with Gasteiger partial charge in [-0.05, 0) is 54.4 Å². The summed E-state index contributed by atoms with van der Waals surface area (Å²) in [5.74, 6) is 1.46. The lowest BCUT2D eigenvalue weighted by molar-refractivity contribution is 0.262. The fourth-order valence-electron chi connectivity index (χ4n) is 3.69. The average Bonchev–Trinajstić information content (AvgIpc) is 3.31. The normalized spacial score (nSPS) is 10.7. The third-order valence-corrected chi connectivity index (χ3v) is 5.41. The first-order valence-electron chi connectivity index (χ1n) is 11.1. The fourth-order valence-corrected chi connectivity index (χ4v) is 3.69. The summed E-state index contributed by atoms with van der Waals surface area (Å²) in [6.45, 7) is 0.653. The molecule has 0 saturated heterocycles. The van der Waals surface area contributed by atoms with E-state index in [1.165, 1.54) is 6.33 Å². The van der Waals surface area contributed by atoms with Gasteiger partial charge < -0.3 is 25.5 Å². The highest BCUT2D eigenvalue weighted by molar-refractivity contribution is 5.99. The zero-order valence-corrected chi connectivity index (χ0v) is 18.7. The van der Waals surface area contributed by atoms with E-state index >= 15 is 0 Å². The Bertz CT molecular complexity index is 1450. The number of phenolic OH excluding ortho intramolecular Hbond substituents is 1. The topological polar surface area (TPSA) is 112 Å². The van der Waals surface area contributed by atoms with Gasteiger partial charge in [0, 0.05) is 23.5 Å². The first-order chi connectivity index (χ1) is 17.1. The van der Waals surface area contributed by atoms with Crippen molar-refractivity contribution in [2.75, 3.05) is 22.5 Å². The molecule has 8 nitrogen and oxygen atoms in total. The van der Waals surface area contributed by atoms with E-state index in [0.29, 0.717) is 29.5 Å². The second-order valence-electron chi connectivity index (χ2n) is 7.92. The summed E-state index contributed by atoms with van der Waals surface area (Å²) in [7, 11) is 0. The lowest BCUT2D eigenvalue weighted by Gasteiger charge is -2.09. The predicted octanol–water partition coefficient (Wildman–Crippen LogP) is 5.89. The summed E-state index contributed by atoms with van der Waals surface area (Å²) in [5, 5.41) is 19.5. The van der Waals surface area contributed by atoms with E-state index in [-0.39, 0.29) is 11.8 Å². The molecule has 2 heterocycles. The molecule has 0 spiro atoms. The number of phenols is 1. The van der Waals surface area contributed by atoms with E-state index in [9.17, 15) is 9.90 Å². The molecule has 174 valence electrons. The molecule has 0 aliphatic carbocycles. The Balaban J connectivity index is 1.18. The number of nitrogens with one attached hydrogen (secondary N) is 3. The second kappa shape index (κ2) is 9.96. The van der Waals surface area contributed by atoms with Crippen LogP contribution in [0.15, 0.2) is 95.7 Å². The molecule has 5 rings (SSSR count). The Morgan fingerprint density at radius 2 is 1.63 bits per heavy atom. The number of hydrogen-bond donors (Lipinski definition) is 4. The quantitative estimate of drug-likeness (QED) is 0.238. The van der Waals surface area contributed by atoms with Crippen molar-refractivity contribution in [1.82, 2.24) is 9.97 Å². The van der Waals surface area contributed by atoms with Crippen molar-refractivity contribution in [2.45, 2.75) is 6.42 Å². The Hall–Kier alpha value is -4.85. The number of benzene rings is 3. The molecule has 2 aromatic heterocycles. The number of para-hydroxylation sites is 1. The van der Waals surface area contributed by atoms with E-state index in [1.807, 2.05) is 66.7 Å². The van der Waals surface area contributed by atoms with Crippen LogP contribution < -0.4 is 16.0 Å². The number of nitrogens with zero attached hydrogens (tertiary/aromatic N) is 2. The Morgan fingerprint density at radius 1 is 0.857 bits per heavy atom. The van der Waals surface area contributed by atoms with Crippen molar-refractivity contribution in [3.8, 4) is 17.1 Å². The fraction of sp³-hybridized carbons (Fsp3) is 0.0741. The molecule has 0 radical (unpaired) electrons. The Morgan fingerprint density at radius 3 is 2.40 bits per heavy atom. The van der Waals surface area contributed by atoms with Gasteiger partial charge in [0.2, 0.25) is 5.71 Å². The molecule has 0 fully saturated rings. The van der Waals surface area contributed by atoms with Gasteiger partial charge in [-0.3, -0.25) is 0 Å². The minimum atomic E-state index is -0.288. The van der Waals surface area contributed by atoms with Crippen molar-refractivity contribution in [3.63, 3.8) is 0 Å². The number of urea groups is 1. The number of furan rings is 1. The van der Waals surface area contributed by atoms with Crippen LogP contribution in [0.25, 0.3) is 22.4 Å². The molecule has 0 aliphatic heterocycles. The molecule has 0 bridgehead atoms. The number of carbonyl (C=O) groups excluding carboxylic acids is 1. The molecular weight excluding hydrogens is 442 g/mol. The van der Waals surface area contributed by atoms with Crippen LogP contribution >= 0.6 is 0 Å². The van der Waals surface area contributed by atoms with Crippen molar-refractivity contribution in [1.29, 1.82) is 0 Å². The largest absolute Gasteiger partial charge is 0.508 e. The third-order valence-electron chi connectivity index (χ3n) is 5.41. The van der Waals surface area contributed by atoms with Gasteiger partial charge in [-0.1, -0.05) is 42.5 Å². The van der Waals surface area contributed by atoms with Gasteiger partial charge in [0.25, 0.3) is 0 Å². The van der Waals surface area contributed by atoms with E-state index in [2.05, 4.69) is 25.9 Å². The number of amides is 2. The van der Waals surface area contributed by atoms with E-state index in [4.69, 9.17) is 4.42 Å². The smallest absolute Gasteiger partial charge is 0.323 e. The zero-order chi connectivity index (χ0) is 24.0. The summed E-state index contributed by atoms with van der Waals surface area (Å²) < 4.78 is 5.85. The van der Waals surface area contributed by atoms with Crippen LogP contribution in [0.3, 0.4) is 0 Å². The first-order valence-corrected chi connectivity index (χ1v) is 11.1. The van der Waals surface area contributed by atoms with Crippen LogP contribution in [-0.4, -0.2) is 27.7 Å². The van der Waals surface area contributed by atoms with Gasteiger partial charge in [0.15, 0.2) is 0 Å². The maximum Gasteiger partial charge on any atom is 0.323 e. The molecule has 4 N–H and O–H groups in total. The minimum absolute atomic E-state index is 0.172. The molecule has 35 heavy (non-hydrogen) atoms. The highest BCUT2D eigenvalue weighted by Crippen LogP contribution is 2.31. The van der Waals surface area contributed by atoms with E-state index < -0.39 is 0 Å². The van der Waals surface area contributed by atoms with Crippen LogP contribution in [0.4, 0.5) is 22.0 Å². The molecule has 0 unspecified atom stereocenters. The van der Waals surface area contributed by atoms with Crippen molar-refractivity contribution in [3.05, 3.63) is 96.8 Å². The van der Waals surface area contributed by atoms with Crippen LogP contribution in [0.5, 0.6) is 5.75 Å². The van der Waals surface area contributed by atoms with E-state index in [1.54, 1.807) is 18.2 Å². The number of carbonyl (C=O) groups is 1. The number of rotatable bonds is 7. The highest BCUT2D eigenvalue weighted by Gasteiger charge is 2.12. The van der Waals surface area contributed by atoms with Gasteiger partial charge >= 0.3 is 6.03 Å². The monoisotopic (exact) mass is 465 g/mol. The third kappa shape index (κ3) is 5.39. The molecule has 0 saturated carbocycles. The number of aromatic nitrogens is 2. The Kier molecular flexibility index (Phi) is 6.25. The molecule has 0 aliphatic rings. The maximum atomic E-state index is 12.1. The number of anilines is 3. The van der Waals surface area contributed by atoms with Crippen LogP contribution in [-0.2, 0) is 6.42 Å². The summed E-state index contributed by atoms with van der Waals surface area (Å²) in [6.07, 6.45) is 2.22. The van der Waals surface area contributed by atoms with Gasteiger partial charge in [0.1, 0.15) is 23.7 Å². The van der Waals surface area contributed by atoms with Crippen molar-refractivity contribution in [2.24, 2.45) is 0 Å². The molecule has 2 amide bonds. The summed E-state index contributed by atoms with van der Waals surface area (Å²) in [5.41, 5.74) is 3.80. The number of aromatic hydroxyl groups is 1. The van der Waals surface area contributed by atoms with Crippen molar-refractivity contribution >= 4 is 34.3 Å². The summed E-state index contributed by atoms with van der Waals surface area (Å²) >= 11 is 0. The zero-order valence-electron chi connectivity index (χ0n) is 18.7. The van der Waals surface area contributed by atoms with Gasteiger partial charge in [0.05, 0.1) is 5.39 Å². The second-order valence-corrected chi connectivity index (χ2v) is 7.92. The predicted molar refractivity (Wildman–Crippen MR) is 137 cm³/mol. The lowest BCUT2D eigenvalue weighted by atomic mass is 10.1. The maximum absolute atomic E-state index is 12.1. The molecule has 0 atom stereocenters. The average molecular weight is 466 g/mol. The van der Waals surface area contributed by atoms with Crippen LogP contribution in [0, 0.1) is 0 Å². The number of hydrogen-bond acceptors (Lipinski definition) is 6. The lowest BCUT2D eigenvalue weighted by Crippen LogP contribution is -2.19. The molecule has 3 aromatic carbocycles. The van der Waals surface area contributed by atoms with Gasteiger partial charge in [-0.25, -0.2) is 14.8 Å². The van der Waals surface area contributed by atoms with E-state index in [0.717, 1.165) is 28.6 Å². The molecular formula is C27H23N5O3. The van der Waals surface area contributed by atoms with Gasteiger partial charge in [-0.2, -0.15) is 0 Å². The standard InChI is InChI=1S/C27H23N5O3/c33-22-8-4-5-19(15-22)24-16-23-25(29-17-30-26(23)35-24)28-14-13-18-9-11-21(12-10-18)32-27(34)31-20-6-2-1-3-7-20/h1-12,15-17,33H,13-14H2,(H,28,29,30)(H2,31,32,34). The minimum Gasteiger partial charge on any atom is -0.508 e. The Labute approximate surface area is 201 Å². The highest BCUT2D eigenvalue weighted by atomic mass is 16.3. The molecule has 8 heteroatoms. The van der Waals surface area contributed by atoms with Gasteiger partial charge in [-0.15, -0.1) is 0 Å². The summed E-state index contributed by atoms with van der Waals surface area (Å²) in [6, 6.07) is 25.5. The van der Waals surface area contributed by atoms with Crippen molar-refractivity contribution < 1.29 is 14.3 Å². The van der Waals surface area contributed by atoms with Crippen LogP contribution in [0.1, 0.15) is 5.56 Å². The number of fused-ring (bicyclic) bond motifs is 1. The van der Waals surface area contributed by atoms with Crippen LogP contribution in [0.2, 0.25) is 0 Å². The summed E-state index contributed by atoms with van der Waals surface area (Å²) in [4.78, 5) is 20.7. The molecule has 5 aromatic rings.